The summed E-state index contributed by atoms with van der Waals surface area (Å²) in [6.07, 6.45) is -0.524. The van der Waals surface area contributed by atoms with Crippen molar-refractivity contribution in [1.29, 1.82) is 0 Å². The number of amides is 1. The van der Waals surface area contributed by atoms with Crippen molar-refractivity contribution in [2.24, 2.45) is 0 Å². The molecule has 0 aliphatic rings. The first-order valence-electron chi connectivity index (χ1n) is 9.35. The average molecular weight is 423 g/mol. The number of nitrogens with two attached hydrogens (primary N) is 1. The number of para-hydroxylation sites is 1. The lowest BCUT2D eigenvalue weighted by Gasteiger charge is -2.23. The van der Waals surface area contributed by atoms with E-state index < -0.39 is 16.1 Å². The highest BCUT2D eigenvalue weighted by Crippen LogP contribution is 2.30. The summed E-state index contributed by atoms with van der Waals surface area (Å²) in [6, 6.07) is 13.2. The van der Waals surface area contributed by atoms with Gasteiger partial charge in [0.15, 0.2) is 6.54 Å². The third-order valence-corrected chi connectivity index (χ3v) is 6.10. The molecule has 158 valence electrons. The Morgan fingerprint density at radius 1 is 1.24 bits per heavy atom. The van der Waals surface area contributed by atoms with Crippen molar-refractivity contribution >= 4 is 27.3 Å². The highest BCUT2D eigenvalue weighted by Gasteiger charge is 2.25. The van der Waals surface area contributed by atoms with Crippen LogP contribution in [0.5, 0.6) is 5.75 Å². The van der Waals surface area contributed by atoms with Gasteiger partial charge in [-0.15, -0.1) is 0 Å². The van der Waals surface area contributed by atoms with Crippen molar-refractivity contribution in [1.82, 2.24) is 0 Å². The number of carbonyl (C=O) groups excluding carboxylic acids is 1. The van der Waals surface area contributed by atoms with Crippen molar-refractivity contribution in [3.63, 3.8) is 0 Å². The highest BCUT2D eigenvalue weighted by molar-refractivity contribution is 7.92. The normalized spacial score (nSPS) is 12.3. The molecule has 0 spiro atoms. The smallest absolute Gasteiger partial charge is 0.279 e. The van der Waals surface area contributed by atoms with Crippen LogP contribution in [0.3, 0.4) is 0 Å². The summed E-state index contributed by atoms with van der Waals surface area (Å²) >= 11 is 0. The van der Waals surface area contributed by atoms with E-state index in [1.807, 2.05) is 6.07 Å². The highest BCUT2D eigenvalue weighted by atomic mass is 32.2. The van der Waals surface area contributed by atoms with Crippen LogP contribution in [0.15, 0.2) is 53.4 Å². The second kappa shape index (κ2) is 10.2. The minimum absolute atomic E-state index is 0.0484. The lowest BCUT2D eigenvalue weighted by Crippen LogP contribution is -2.88. The van der Waals surface area contributed by atoms with Crippen LogP contribution >= 0.6 is 0 Å². The molecule has 0 radical (unpaired) electrons. The van der Waals surface area contributed by atoms with E-state index in [1.165, 1.54) is 29.6 Å². The summed E-state index contributed by atoms with van der Waals surface area (Å²) in [5, 5.41) is 13.6. The minimum Gasteiger partial charge on any atom is -0.495 e. The number of hydrogen-bond acceptors (Lipinski definition) is 5. The monoisotopic (exact) mass is 422 g/mol. The van der Waals surface area contributed by atoms with Crippen LogP contribution in [-0.2, 0) is 14.8 Å². The molecule has 0 aliphatic heterocycles. The average Bonchev–Trinajstić information content (AvgIpc) is 2.68. The first-order valence-corrected chi connectivity index (χ1v) is 10.8. The Labute approximate surface area is 171 Å². The maximum Gasteiger partial charge on any atom is 0.279 e. The molecule has 0 bridgehead atoms. The number of nitrogens with zero attached hydrogens (tertiary/aromatic N) is 1. The van der Waals surface area contributed by atoms with E-state index in [2.05, 4.69) is 5.32 Å². The maximum absolute atomic E-state index is 13.2. The molecule has 0 saturated heterocycles. The van der Waals surface area contributed by atoms with Gasteiger partial charge in [0.2, 0.25) is 0 Å². The van der Waals surface area contributed by atoms with E-state index in [4.69, 9.17) is 4.74 Å². The molecular formula is C20H28N3O5S+. The number of aliphatic hydroxyl groups is 1. The number of rotatable bonds is 10. The van der Waals surface area contributed by atoms with Gasteiger partial charge >= 0.3 is 0 Å². The maximum atomic E-state index is 13.2. The summed E-state index contributed by atoms with van der Waals surface area (Å²) in [7, 11) is -2.38. The zero-order valence-electron chi connectivity index (χ0n) is 16.8. The van der Waals surface area contributed by atoms with Crippen molar-refractivity contribution in [3.8, 4) is 5.75 Å². The third kappa shape index (κ3) is 5.93. The second-order valence-electron chi connectivity index (χ2n) is 6.49. The Kier molecular flexibility index (Phi) is 8.00. The fourth-order valence-electron chi connectivity index (χ4n) is 2.81. The van der Waals surface area contributed by atoms with Gasteiger partial charge in [0.05, 0.1) is 29.5 Å². The van der Waals surface area contributed by atoms with Crippen LogP contribution < -0.4 is 19.7 Å². The van der Waals surface area contributed by atoms with Crippen LogP contribution in [0.2, 0.25) is 0 Å². The molecular weight excluding hydrogens is 394 g/mol. The standard InChI is InChI=1S/C20H27N3O5S/c1-4-23(16-8-6-5-7-9-16)29(26,27)17-10-11-19(28-3)18(12-17)22-20(25)14-21-13-15(2)24/h5-12,15,21,24H,4,13-14H2,1-3H3,(H,22,25)/p+1/t15-/m0/s1. The minimum atomic E-state index is -3.83. The molecule has 4 N–H and O–H groups in total. The summed E-state index contributed by atoms with van der Waals surface area (Å²) in [5.74, 6) is 0.0319. The SMILES string of the molecule is CCN(c1ccccc1)S(=O)(=O)c1ccc(OC)c(NC(=O)C[NH2+]C[C@H](C)O)c1. The molecule has 8 nitrogen and oxygen atoms in total. The molecule has 0 unspecified atom stereocenters. The lowest BCUT2D eigenvalue weighted by molar-refractivity contribution is -0.649. The lowest BCUT2D eigenvalue weighted by atomic mass is 10.3. The topological polar surface area (TPSA) is 113 Å². The van der Waals surface area contributed by atoms with Crippen LogP contribution in [0.4, 0.5) is 11.4 Å². The molecule has 2 aromatic carbocycles. The van der Waals surface area contributed by atoms with Crippen molar-refractivity contribution in [3.05, 3.63) is 48.5 Å². The van der Waals surface area contributed by atoms with E-state index in [1.54, 1.807) is 43.4 Å². The van der Waals surface area contributed by atoms with Crippen molar-refractivity contribution in [2.75, 3.05) is 36.4 Å². The fourth-order valence-corrected chi connectivity index (χ4v) is 4.32. The summed E-state index contributed by atoms with van der Waals surface area (Å²) in [6.45, 7) is 4.14. The molecule has 0 aromatic heterocycles. The van der Waals surface area contributed by atoms with Crippen molar-refractivity contribution in [2.45, 2.75) is 24.8 Å². The predicted octanol–water partition coefficient (Wildman–Crippen LogP) is 0.793. The van der Waals surface area contributed by atoms with Gasteiger partial charge in [0.1, 0.15) is 12.3 Å². The number of sulfonamides is 1. The van der Waals surface area contributed by atoms with Gasteiger partial charge in [-0.2, -0.15) is 0 Å². The quantitative estimate of drug-likeness (QED) is 0.524. The van der Waals surface area contributed by atoms with E-state index in [0.29, 0.717) is 18.0 Å². The first kappa shape index (κ1) is 22.7. The van der Waals surface area contributed by atoms with Gasteiger partial charge in [-0.05, 0) is 44.2 Å². The molecule has 0 fully saturated rings. The number of methoxy groups -OCH3 is 1. The number of anilines is 2. The first-order chi connectivity index (χ1) is 13.8. The summed E-state index contributed by atoms with van der Waals surface area (Å²) < 4.78 is 32.9. The molecule has 1 amide bonds. The Morgan fingerprint density at radius 3 is 2.52 bits per heavy atom. The summed E-state index contributed by atoms with van der Waals surface area (Å²) in [4.78, 5) is 12.2. The molecule has 1 atom stereocenters. The van der Waals surface area contributed by atoms with Crippen LogP contribution in [0, 0.1) is 0 Å². The third-order valence-electron chi connectivity index (χ3n) is 4.20. The zero-order valence-corrected chi connectivity index (χ0v) is 17.6. The number of carbonyl (C=O) groups is 1. The molecule has 29 heavy (non-hydrogen) atoms. The number of hydrogen-bond donors (Lipinski definition) is 3. The van der Waals surface area contributed by atoms with Crippen LogP contribution in [0.1, 0.15) is 13.8 Å². The molecule has 0 aliphatic carbocycles. The molecule has 0 heterocycles. The van der Waals surface area contributed by atoms with E-state index >= 15 is 0 Å². The molecule has 2 rings (SSSR count). The van der Waals surface area contributed by atoms with E-state index in [0.717, 1.165) is 0 Å². The largest absolute Gasteiger partial charge is 0.495 e. The van der Waals surface area contributed by atoms with Gasteiger partial charge < -0.3 is 20.5 Å². The number of nitrogens with one attached hydrogen (secondary N) is 1. The summed E-state index contributed by atoms with van der Waals surface area (Å²) in [5.41, 5.74) is 0.831. The van der Waals surface area contributed by atoms with Gasteiger partial charge in [-0.3, -0.25) is 9.10 Å². The molecule has 2 aromatic rings. The van der Waals surface area contributed by atoms with Crippen molar-refractivity contribution < 1.29 is 28.4 Å². The van der Waals surface area contributed by atoms with Gasteiger partial charge in [-0.1, -0.05) is 18.2 Å². The number of quaternary nitrogens is 1. The Hall–Kier alpha value is -2.62. The number of ether oxygens (including phenoxy) is 1. The zero-order chi connectivity index (χ0) is 21.4. The van der Waals surface area contributed by atoms with Gasteiger partial charge in [-0.25, -0.2) is 8.42 Å². The fraction of sp³-hybridized carbons (Fsp3) is 0.350. The van der Waals surface area contributed by atoms with Crippen LogP contribution in [0.25, 0.3) is 0 Å². The Bertz CT molecular complexity index is 917. The Morgan fingerprint density at radius 2 is 1.93 bits per heavy atom. The number of benzene rings is 2. The molecule has 9 heteroatoms. The van der Waals surface area contributed by atoms with Crippen LogP contribution in [-0.4, -0.2) is 52.3 Å². The number of aliphatic hydroxyl groups excluding tert-OH is 1. The second-order valence-corrected chi connectivity index (χ2v) is 8.36. The van der Waals surface area contributed by atoms with Gasteiger partial charge in [0, 0.05) is 6.54 Å². The van der Waals surface area contributed by atoms with E-state index in [9.17, 15) is 18.3 Å². The van der Waals surface area contributed by atoms with E-state index in [-0.39, 0.29) is 29.6 Å². The predicted molar refractivity (Wildman–Crippen MR) is 112 cm³/mol. The van der Waals surface area contributed by atoms with Gasteiger partial charge in [0.25, 0.3) is 15.9 Å². The Balaban J connectivity index is 2.29. The molecule has 0 saturated carbocycles.